The second-order valence-electron chi connectivity index (χ2n) is 3.56. The molecule has 0 unspecified atom stereocenters. The highest BCUT2D eigenvalue weighted by atomic mass is 35.5. The minimum Gasteiger partial charge on any atom is -0.508 e. The maximum absolute atomic E-state index is 11.6. The molecule has 3 N–H and O–H groups in total. The molecule has 0 saturated heterocycles. The molecule has 0 aliphatic carbocycles. The Morgan fingerprint density at radius 3 is 2.68 bits per heavy atom. The number of carbonyl (C=O) groups is 2. The number of alkyl carbamates (subject to hydrolysis) is 1. The summed E-state index contributed by atoms with van der Waals surface area (Å²) in [6, 6.07) is 5.99. The summed E-state index contributed by atoms with van der Waals surface area (Å²) in [6.07, 6.45) is -0.577. The van der Waals surface area contributed by atoms with Crippen LogP contribution in [-0.2, 0) is 4.74 Å². The lowest BCUT2D eigenvalue weighted by Gasteiger charge is -2.07. The molecular formula is C12H15ClN2O4. The van der Waals surface area contributed by atoms with Crippen LogP contribution in [0.4, 0.5) is 4.79 Å². The lowest BCUT2D eigenvalue weighted by atomic mass is 10.2. The third-order valence-electron chi connectivity index (χ3n) is 2.10. The Morgan fingerprint density at radius 2 is 2.00 bits per heavy atom. The third-order valence-corrected chi connectivity index (χ3v) is 2.25. The molecule has 0 spiro atoms. The first-order valence-corrected chi connectivity index (χ1v) is 6.20. The van der Waals surface area contributed by atoms with Crippen LogP contribution in [-0.4, -0.2) is 42.7 Å². The van der Waals surface area contributed by atoms with Crippen molar-refractivity contribution in [2.45, 2.75) is 0 Å². The lowest BCUT2D eigenvalue weighted by Crippen LogP contribution is -2.35. The van der Waals surface area contributed by atoms with Crippen molar-refractivity contribution in [1.82, 2.24) is 10.6 Å². The van der Waals surface area contributed by atoms with Gasteiger partial charge in [0.15, 0.2) is 0 Å². The number of amides is 2. The van der Waals surface area contributed by atoms with Gasteiger partial charge >= 0.3 is 6.09 Å². The van der Waals surface area contributed by atoms with Gasteiger partial charge in [-0.1, -0.05) is 6.07 Å². The molecule has 0 aliphatic rings. The fraction of sp³-hybridized carbons (Fsp3) is 0.333. The van der Waals surface area contributed by atoms with Crippen LogP contribution in [0.15, 0.2) is 24.3 Å². The van der Waals surface area contributed by atoms with Gasteiger partial charge in [0.25, 0.3) is 5.91 Å². The molecule has 1 aromatic carbocycles. The molecule has 0 atom stereocenters. The lowest BCUT2D eigenvalue weighted by molar-refractivity contribution is 0.0952. The van der Waals surface area contributed by atoms with Crippen molar-refractivity contribution in [3.63, 3.8) is 0 Å². The fourth-order valence-corrected chi connectivity index (χ4v) is 1.35. The number of ether oxygens (including phenoxy) is 1. The molecule has 0 radical (unpaired) electrons. The van der Waals surface area contributed by atoms with E-state index in [-0.39, 0.29) is 37.2 Å². The summed E-state index contributed by atoms with van der Waals surface area (Å²) in [5.41, 5.74) is 0.352. The molecule has 104 valence electrons. The number of carbonyl (C=O) groups excluding carboxylic acids is 2. The smallest absolute Gasteiger partial charge is 0.407 e. The van der Waals surface area contributed by atoms with E-state index in [1.54, 1.807) is 12.1 Å². The summed E-state index contributed by atoms with van der Waals surface area (Å²) in [6.45, 7) is 0.638. The van der Waals surface area contributed by atoms with Gasteiger partial charge in [-0.25, -0.2) is 4.79 Å². The van der Waals surface area contributed by atoms with Crippen LogP contribution in [0.2, 0.25) is 0 Å². The third kappa shape index (κ3) is 5.96. The summed E-state index contributed by atoms with van der Waals surface area (Å²) in [5, 5.41) is 14.3. The van der Waals surface area contributed by atoms with Gasteiger partial charge in [0, 0.05) is 18.7 Å². The zero-order chi connectivity index (χ0) is 14.1. The summed E-state index contributed by atoms with van der Waals surface area (Å²) in [5.74, 6) is -0.0657. The Bertz CT molecular complexity index is 439. The molecule has 0 fully saturated rings. The number of hydrogen-bond acceptors (Lipinski definition) is 4. The molecule has 1 rings (SSSR count). The van der Waals surface area contributed by atoms with E-state index in [1.165, 1.54) is 12.1 Å². The topological polar surface area (TPSA) is 87.7 Å². The molecule has 0 aliphatic heterocycles. The average Bonchev–Trinajstić information content (AvgIpc) is 2.41. The molecule has 0 saturated carbocycles. The van der Waals surface area contributed by atoms with Crippen molar-refractivity contribution in [2.24, 2.45) is 0 Å². The first-order valence-electron chi connectivity index (χ1n) is 5.67. The number of phenols is 1. The van der Waals surface area contributed by atoms with Crippen molar-refractivity contribution >= 4 is 23.6 Å². The van der Waals surface area contributed by atoms with Crippen molar-refractivity contribution in [1.29, 1.82) is 0 Å². The van der Waals surface area contributed by atoms with Gasteiger partial charge < -0.3 is 20.5 Å². The summed E-state index contributed by atoms with van der Waals surface area (Å²) in [7, 11) is 0. The quantitative estimate of drug-likeness (QED) is 0.539. The van der Waals surface area contributed by atoms with E-state index in [1.807, 2.05) is 0 Å². The minimum atomic E-state index is -0.577. The predicted molar refractivity (Wildman–Crippen MR) is 70.5 cm³/mol. The van der Waals surface area contributed by atoms with Crippen LogP contribution in [0.5, 0.6) is 5.75 Å². The van der Waals surface area contributed by atoms with Gasteiger partial charge in [-0.2, -0.15) is 0 Å². The summed E-state index contributed by atoms with van der Waals surface area (Å²) >= 11 is 5.35. The second-order valence-corrected chi connectivity index (χ2v) is 3.94. The van der Waals surface area contributed by atoms with Gasteiger partial charge in [-0.3, -0.25) is 4.79 Å². The zero-order valence-electron chi connectivity index (χ0n) is 10.2. The van der Waals surface area contributed by atoms with Gasteiger partial charge in [-0.15, -0.1) is 11.6 Å². The first kappa shape index (κ1) is 15.1. The van der Waals surface area contributed by atoms with Crippen LogP contribution in [0.25, 0.3) is 0 Å². The SMILES string of the molecule is O=C(NCCNC(=O)c1cccc(O)c1)OCCCl. The molecule has 7 heteroatoms. The Kier molecular flexibility index (Phi) is 6.52. The Labute approximate surface area is 115 Å². The van der Waals surface area contributed by atoms with E-state index in [4.69, 9.17) is 11.6 Å². The van der Waals surface area contributed by atoms with Gasteiger partial charge in [0.2, 0.25) is 0 Å². The maximum atomic E-state index is 11.6. The number of nitrogens with one attached hydrogen (secondary N) is 2. The second kappa shape index (κ2) is 8.20. The molecule has 0 heterocycles. The van der Waals surface area contributed by atoms with Crippen molar-refractivity contribution < 1.29 is 19.4 Å². The van der Waals surface area contributed by atoms with Crippen molar-refractivity contribution in [3.8, 4) is 5.75 Å². The maximum Gasteiger partial charge on any atom is 0.407 e. The van der Waals surface area contributed by atoms with E-state index in [9.17, 15) is 14.7 Å². The monoisotopic (exact) mass is 286 g/mol. The van der Waals surface area contributed by atoms with E-state index >= 15 is 0 Å². The molecule has 6 nitrogen and oxygen atoms in total. The number of aromatic hydroxyl groups is 1. The number of phenolic OH excluding ortho intramolecular Hbond substituents is 1. The van der Waals surface area contributed by atoms with Crippen molar-refractivity contribution in [3.05, 3.63) is 29.8 Å². The molecule has 0 aromatic heterocycles. The van der Waals surface area contributed by atoms with Crippen LogP contribution < -0.4 is 10.6 Å². The van der Waals surface area contributed by atoms with Gasteiger partial charge in [0.05, 0.1) is 5.88 Å². The highest BCUT2D eigenvalue weighted by Gasteiger charge is 2.05. The first-order chi connectivity index (χ1) is 9.13. The van der Waals surface area contributed by atoms with E-state index in [2.05, 4.69) is 15.4 Å². The molecule has 2 amide bonds. The standard InChI is InChI=1S/C12H15ClN2O4/c13-4-7-19-12(18)15-6-5-14-11(17)9-2-1-3-10(16)8-9/h1-3,8,16H,4-7H2,(H,14,17)(H,15,18). The molecular weight excluding hydrogens is 272 g/mol. The Balaban J connectivity index is 2.22. The largest absolute Gasteiger partial charge is 0.508 e. The number of hydrogen-bond donors (Lipinski definition) is 3. The Hall–Kier alpha value is -1.95. The summed E-state index contributed by atoms with van der Waals surface area (Å²) < 4.78 is 4.67. The van der Waals surface area contributed by atoms with Crippen LogP contribution in [0.1, 0.15) is 10.4 Å². The van der Waals surface area contributed by atoms with Crippen LogP contribution in [0, 0.1) is 0 Å². The predicted octanol–water partition coefficient (Wildman–Crippen LogP) is 1.09. The van der Waals surface area contributed by atoms with E-state index in [0.29, 0.717) is 5.56 Å². The van der Waals surface area contributed by atoms with Crippen molar-refractivity contribution in [2.75, 3.05) is 25.6 Å². The van der Waals surface area contributed by atoms with Crippen LogP contribution in [0.3, 0.4) is 0 Å². The Morgan fingerprint density at radius 1 is 1.26 bits per heavy atom. The number of alkyl halides is 1. The normalized spacial score (nSPS) is 9.74. The van der Waals surface area contributed by atoms with Crippen LogP contribution >= 0.6 is 11.6 Å². The van der Waals surface area contributed by atoms with Gasteiger partial charge in [0.1, 0.15) is 12.4 Å². The van der Waals surface area contributed by atoms with E-state index in [0.717, 1.165) is 0 Å². The number of halogens is 1. The zero-order valence-corrected chi connectivity index (χ0v) is 10.9. The highest BCUT2D eigenvalue weighted by molar-refractivity contribution is 6.18. The summed E-state index contributed by atoms with van der Waals surface area (Å²) in [4.78, 5) is 22.7. The molecule has 19 heavy (non-hydrogen) atoms. The number of rotatable bonds is 6. The van der Waals surface area contributed by atoms with Gasteiger partial charge in [-0.05, 0) is 18.2 Å². The molecule has 0 bridgehead atoms. The minimum absolute atomic E-state index is 0.0235. The average molecular weight is 287 g/mol. The number of benzene rings is 1. The fourth-order valence-electron chi connectivity index (χ4n) is 1.27. The molecule has 1 aromatic rings. The van der Waals surface area contributed by atoms with E-state index < -0.39 is 6.09 Å². The highest BCUT2D eigenvalue weighted by Crippen LogP contribution is 2.10.